The van der Waals surface area contributed by atoms with E-state index >= 15 is 0 Å². The molecule has 0 atom stereocenters. The summed E-state index contributed by atoms with van der Waals surface area (Å²) in [4.78, 5) is 27.9. The average Bonchev–Trinajstić information content (AvgIpc) is 3.15. The van der Waals surface area contributed by atoms with Gasteiger partial charge in [0, 0.05) is 17.6 Å². The Labute approximate surface area is 162 Å². The number of aromatic nitrogens is 1. The molecule has 1 aromatic heterocycles. The molecule has 0 spiro atoms. The molecule has 0 radical (unpaired) electrons. The molecule has 10 heteroatoms. The average molecular weight is 413 g/mol. The number of nitrogens with one attached hydrogen (secondary N) is 3. The summed E-state index contributed by atoms with van der Waals surface area (Å²) in [6.07, 6.45) is 3.41. The Morgan fingerprint density at radius 1 is 1.28 bits per heavy atom. The molecular weight excluding hydrogens is 403 g/mol. The number of thiocarbonyl (C=S) groups is 1. The van der Waals surface area contributed by atoms with Crippen LogP contribution < -0.4 is 10.7 Å². The van der Waals surface area contributed by atoms with Gasteiger partial charge in [-0.3, -0.25) is 4.79 Å². The Balaban J connectivity index is 1.67. The Morgan fingerprint density at radius 2 is 2.08 bits per heavy atom. The number of nitrogens with zero attached hydrogens (tertiary/aromatic N) is 1. The molecule has 1 aliphatic heterocycles. The Morgan fingerprint density at radius 3 is 2.76 bits per heavy atom. The van der Waals surface area contributed by atoms with Crippen molar-refractivity contribution in [1.29, 1.82) is 0 Å². The van der Waals surface area contributed by atoms with Gasteiger partial charge in [-0.1, -0.05) is 35.0 Å². The lowest BCUT2D eigenvalue weighted by molar-refractivity contribution is -0.123. The standard InChI is InChI=1S/C15H10Cl2N4O2S2/c16-10-4-3-9(6-11(10)17)19-14(23)20-21-13(22)12(25-15(21)24)7-8-2-1-5-18-8/h1-7,18H,(H2,19,20,23)/b12-7+. The second-order valence-electron chi connectivity index (χ2n) is 4.84. The molecule has 128 valence electrons. The maximum absolute atomic E-state index is 12.4. The summed E-state index contributed by atoms with van der Waals surface area (Å²) in [5.74, 6) is -0.408. The zero-order valence-electron chi connectivity index (χ0n) is 12.4. The van der Waals surface area contributed by atoms with Crippen LogP contribution >= 0.6 is 47.2 Å². The molecule has 0 aliphatic carbocycles. The van der Waals surface area contributed by atoms with Crippen LogP contribution in [0.4, 0.5) is 10.5 Å². The fraction of sp³-hybridized carbons (Fsp3) is 0. The van der Waals surface area contributed by atoms with Crippen LogP contribution in [0.25, 0.3) is 6.08 Å². The number of thioether (sulfide) groups is 1. The number of hydrogen-bond donors (Lipinski definition) is 3. The molecule has 6 nitrogen and oxygen atoms in total. The van der Waals surface area contributed by atoms with Gasteiger partial charge in [0.25, 0.3) is 5.91 Å². The van der Waals surface area contributed by atoms with Crippen molar-refractivity contribution in [3.05, 3.63) is 57.2 Å². The summed E-state index contributed by atoms with van der Waals surface area (Å²) < 4.78 is 0.229. The van der Waals surface area contributed by atoms with Crippen LogP contribution in [0.1, 0.15) is 5.69 Å². The van der Waals surface area contributed by atoms with Crippen molar-refractivity contribution >= 4 is 75.2 Å². The summed E-state index contributed by atoms with van der Waals surface area (Å²) in [5.41, 5.74) is 3.61. The van der Waals surface area contributed by atoms with E-state index in [1.807, 2.05) is 12.1 Å². The van der Waals surface area contributed by atoms with Crippen LogP contribution in [-0.2, 0) is 4.79 Å². The molecule has 1 saturated heterocycles. The topological polar surface area (TPSA) is 77.2 Å². The van der Waals surface area contributed by atoms with Crippen molar-refractivity contribution in [2.75, 3.05) is 5.32 Å². The first-order valence-corrected chi connectivity index (χ1v) is 8.86. The van der Waals surface area contributed by atoms with Gasteiger partial charge in [0.2, 0.25) is 0 Å². The monoisotopic (exact) mass is 412 g/mol. The van der Waals surface area contributed by atoms with Gasteiger partial charge in [0.05, 0.1) is 15.0 Å². The zero-order valence-corrected chi connectivity index (χ0v) is 15.5. The summed E-state index contributed by atoms with van der Waals surface area (Å²) in [5, 5.41) is 4.25. The minimum absolute atomic E-state index is 0.229. The fourth-order valence-electron chi connectivity index (χ4n) is 1.97. The van der Waals surface area contributed by atoms with Crippen LogP contribution in [0.15, 0.2) is 41.4 Å². The predicted molar refractivity (Wildman–Crippen MR) is 104 cm³/mol. The molecule has 0 saturated carbocycles. The molecule has 0 unspecified atom stereocenters. The highest BCUT2D eigenvalue weighted by Gasteiger charge is 2.33. The number of rotatable bonds is 3. The van der Waals surface area contributed by atoms with E-state index < -0.39 is 11.9 Å². The number of carbonyl (C=O) groups is 2. The van der Waals surface area contributed by atoms with E-state index in [4.69, 9.17) is 35.4 Å². The summed E-state index contributed by atoms with van der Waals surface area (Å²) in [7, 11) is 0. The lowest BCUT2D eigenvalue weighted by atomic mass is 10.3. The van der Waals surface area contributed by atoms with Gasteiger partial charge >= 0.3 is 6.03 Å². The van der Waals surface area contributed by atoms with Gasteiger partial charge in [-0.15, -0.1) is 0 Å². The van der Waals surface area contributed by atoms with Gasteiger partial charge in [-0.2, -0.15) is 5.01 Å². The number of hydrazine groups is 1. The quantitative estimate of drug-likeness (QED) is 0.519. The second kappa shape index (κ2) is 7.49. The highest BCUT2D eigenvalue weighted by molar-refractivity contribution is 8.26. The van der Waals surface area contributed by atoms with Gasteiger partial charge in [-0.05, 0) is 48.6 Å². The normalized spacial score (nSPS) is 15.8. The third-order valence-corrected chi connectivity index (χ3v) is 5.13. The lowest BCUT2D eigenvalue weighted by Gasteiger charge is -2.16. The van der Waals surface area contributed by atoms with Crippen LogP contribution in [0.3, 0.4) is 0 Å². The number of urea groups is 1. The second-order valence-corrected chi connectivity index (χ2v) is 7.33. The van der Waals surface area contributed by atoms with E-state index in [1.165, 1.54) is 6.07 Å². The van der Waals surface area contributed by atoms with Crippen molar-refractivity contribution in [3.63, 3.8) is 0 Å². The molecule has 2 aromatic rings. The van der Waals surface area contributed by atoms with Gasteiger partial charge in [-0.25, -0.2) is 10.2 Å². The number of anilines is 1. The van der Waals surface area contributed by atoms with Crippen LogP contribution in [0.2, 0.25) is 10.0 Å². The minimum Gasteiger partial charge on any atom is -0.362 e. The van der Waals surface area contributed by atoms with Crippen molar-refractivity contribution in [3.8, 4) is 0 Å². The van der Waals surface area contributed by atoms with Crippen molar-refractivity contribution < 1.29 is 9.59 Å². The van der Waals surface area contributed by atoms with Crippen molar-refractivity contribution in [2.24, 2.45) is 0 Å². The first kappa shape index (κ1) is 17.8. The first-order valence-electron chi connectivity index (χ1n) is 6.88. The number of benzene rings is 1. The predicted octanol–water partition coefficient (Wildman–Crippen LogP) is 4.26. The van der Waals surface area contributed by atoms with Crippen LogP contribution in [-0.4, -0.2) is 26.3 Å². The summed E-state index contributed by atoms with van der Waals surface area (Å²) in [6.45, 7) is 0. The Bertz CT molecular complexity index is 884. The molecule has 1 aromatic carbocycles. The maximum Gasteiger partial charge on any atom is 0.338 e. The van der Waals surface area contributed by atoms with Gasteiger partial charge in [0.1, 0.15) is 0 Å². The van der Waals surface area contributed by atoms with E-state index in [2.05, 4.69) is 15.7 Å². The molecule has 25 heavy (non-hydrogen) atoms. The molecule has 2 heterocycles. The highest BCUT2D eigenvalue weighted by atomic mass is 35.5. The number of H-pyrrole nitrogens is 1. The third kappa shape index (κ3) is 4.16. The number of aromatic amines is 1. The Kier molecular flexibility index (Phi) is 5.33. The summed E-state index contributed by atoms with van der Waals surface area (Å²) in [6, 6.07) is 7.64. The molecule has 0 bridgehead atoms. The molecular formula is C15H10Cl2N4O2S2. The van der Waals surface area contributed by atoms with E-state index in [1.54, 1.807) is 24.4 Å². The number of hydrogen-bond acceptors (Lipinski definition) is 4. The first-order chi connectivity index (χ1) is 11.9. The van der Waals surface area contributed by atoms with Gasteiger partial charge in [0.15, 0.2) is 4.32 Å². The SMILES string of the molecule is O=C(Nc1ccc(Cl)c(Cl)c1)NN1C(=O)/C(=C\c2ccc[nH]2)SC1=S. The summed E-state index contributed by atoms with van der Waals surface area (Å²) >= 11 is 18.0. The molecule has 3 rings (SSSR count). The largest absolute Gasteiger partial charge is 0.362 e. The van der Waals surface area contributed by atoms with E-state index in [0.717, 1.165) is 22.5 Å². The fourth-order valence-corrected chi connectivity index (χ4v) is 3.44. The molecule has 3 amide bonds. The number of amides is 3. The molecule has 3 N–H and O–H groups in total. The number of halogens is 2. The zero-order chi connectivity index (χ0) is 18.0. The van der Waals surface area contributed by atoms with E-state index in [9.17, 15) is 9.59 Å². The molecule has 1 aliphatic rings. The molecule has 1 fully saturated rings. The van der Waals surface area contributed by atoms with Crippen molar-refractivity contribution in [2.45, 2.75) is 0 Å². The van der Waals surface area contributed by atoms with Crippen molar-refractivity contribution in [1.82, 2.24) is 15.4 Å². The van der Waals surface area contributed by atoms with E-state index in [-0.39, 0.29) is 4.32 Å². The third-order valence-electron chi connectivity index (χ3n) is 3.09. The Hall–Kier alpha value is -2.00. The minimum atomic E-state index is -0.629. The van der Waals surface area contributed by atoms with Crippen LogP contribution in [0, 0.1) is 0 Å². The highest BCUT2D eigenvalue weighted by Crippen LogP contribution is 2.31. The van der Waals surface area contributed by atoms with Gasteiger partial charge < -0.3 is 10.3 Å². The number of carbonyl (C=O) groups excluding carboxylic acids is 2. The van der Waals surface area contributed by atoms with Crippen LogP contribution in [0.5, 0.6) is 0 Å². The smallest absolute Gasteiger partial charge is 0.338 e. The van der Waals surface area contributed by atoms with E-state index in [0.29, 0.717) is 20.6 Å². The lowest BCUT2D eigenvalue weighted by Crippen LogP contribution is -2.46. The maximum atomic E-state index is 12.4.